The molecule has 5 rings (SSSR count). The quantitative estimate of drug-likeness (QED) is 0.598. The van der Waals surface area contributed by atoms with Crippen molar-refractivity contribution < 1.29 is 0 Å². The molecule has 2 N–H and O–H groups in total. The van der Waals surface area contributed by atoms with Crippen LogP contribution in [0.15, 0.2) is 43.1 Å². The molecule has 138 valence electrons. The van der Waals surface area contributed by atoms with Gasteiger partial charge in [-0.15, -0.1) is 0 Å². The second-order valence-electron chi connectivity index (χ2n) is 7.77. The number of hydrogen-bond donors (Lipinski definition) is 1. The number of nitrogens with two attached hydrogens (primary N) is 1. The normalized spacial score (nSPS) is 20.0. The third kappa shape index (κ3) is 2.95. The number of pyridine rings is 1. The lowest BCUT2D eigenvalue weighted by atomic mass is 9.98. The fraction of sp³-hybridized carbons (Fsp3) is 0.381. The topological polar surface area (TPSA) is 74.0 Å². The van der Waals surface area contributed by atoms with Crippen molar-refractivity contribution in [2.75, 3.05) is 5.73 Å². The van der Waals surface area contributed by atoms with Crippen LogP contribution in [0, 0.1) is 12.8 Å². The molecule has 1 fully saturated rings. The van der Waals surface area contributed by atoms with Gasteiger partial charge < -0.3 is 14.7 Å². The van der Waals surface area contributed by atoms with Crippen LogP contribution in [0.4, 0.5) is 5.82 Å². The molecule has 0 aromatic carbocycles. The van der Waals surface area contributed by atoms with Gasteiger partial charge in [0.15, 0.2) is 0 Å². The van der Waals surface area contributed by atoms with E-state index in [9.17, 15) is 0 Å². The van der Waals surface area contributed by atoms with E-state index in [1.807, 2.05) is 13.0 Å². The monoisotopic (exact) mass is 360 g/mol. The molecular weight excluding hydrogens is 336 g/mol. The van der Waals surface area contributed by atoms with Crippen LogP contribution in [0.1, 0.15) is 43.0 Å². The number of nitrogen functional groups attached to an aromatic ring is 1. The third-order valence-electron chi connectivity index (χ3n) is 5.93. The van der Waals surface area contributed by atoms with Crippen molar-refractivity contribution in [2.24, 2.45) is 5.92 Å². The Morgan fingerprint density at radius 2 is 2.11 bits per heavy atom. The van der Waals surface area contributed by atoms with E-state index in [1.165, 1.54) is 31.2 Å². The van der Waals surface area contributed by atoms with Crippen LogP contribution in [0.2, 0.25) is 0 Å². The zero-order chi connectivity index (χ0) is 18.4. The largest absolute Gasteiger partial charge is 0.383 e. The van der Waals surface area contributed by atoms with Crippen LogP contribution in [0.3, 0.4) is 0 Å². The predicted octanol–water partition coefficient (Wildman–Crippen LogP) is 3.94. The summed E-state index contributed by atoms with van der Waals surface area (Å²) in [6, 6.07) is 7.00. The van der Waals surface area contributed by atoms with Crippen molar-refractivity contribution in [3.8, 4) is 0 Å². The number of aryl methyl sites for hydroxylation is 2. The van der Waals surface area contributed by atoms with Gasteiger partial charge in [-0.3, -0.25) is 0 Å². The van der Waals surface area contributed by atoms with Gasteiger partial charge in [-0.2, -0.15) is 0 Å². The van der Waals surface area contributed by atoms with Gasteiger partial charge in [-0.05, 0) is 68.7 Å². The van der Waals surface area contributed by atoms with Crippen molar-refractivity contribution in [2.45, 2.75) is 45.1 Å². The lowest BCUT2D eigenvalue weighted by molar-refractivity contribution is 0.461. The maximum Gasteiger partial charge on any atom is 0.145 e. The molecule has 1 aliphatic carbocycles. The van der Waals surface area contributed by atoms with Crippen LogP contribution >= 0.6 is 0 Å². The van der Waals surface area contributed by atoms with E-state index >= 15 is 0 Å². The predicted molar refractivity (Wildman–Crippen MR) is 107 cm³/mol. The molecule has 4 aromatic rings. The van der Waals surface area contributed by atoms with Crippen LogP contribution in [0.5, 0.6) is 0 Å². The molecule has 1 saturated carbocycles. The zero-order valence-corrected chi connectivity index (χ0v) is 15.5. The Morgan fingerprint density at radius 1 is 1.19 bits per heavy atom. The van der Waals surface area contributed by atoms with Crippen molar-refractivity contribution in [3.63, 3.8) is 0 Å². The smallest absolute Gasteiger partial charge is 0.145 e. The molecule has 0 bridgehead atoms. The van der Waals surface area contributed by atoms with E-state index in [-0.39, 0.29) is 0 Å². The molecule has 6 heteroatoms. The maximum atomic E-state index is 5.98. The average Bonchev–Trinajstić information content (AvgIpc) is 3.36. The van der Waals surface area contributed by atoms with Crippen molar-refractivity contribution in [3.05, 3.63) is 54.4 Å². The first-order valence-electron chi connectivity index (χ1n) is 9.68. The summed E-state index contributed by atoms with van der Waals surface area (Å²) >= 11 is 0. The number of nitrogens with zero attached hydrogens (tertiary/aromatic N) is 5. The minimum Gasteiger partial charge on any atom is -0.383 e. The molecule has 0 aliphatic heterocycles. The summed E-state index contributed by atoms with van der Waals surface area (Å²) in [5.74, 6) is 1.32. The minimum atomic E-state index is 0.513. The van der Waals surface area contributed by atoms with Gasteiger partial charge in [0.25, 0.3) is 0 Å². The number of rotatable bonds is 4. The summed E-state index contributed by atoms with van der Waals surface area (Å²) in [5, 5.41) is 0.962. The molecule has 2 atom stereocenters. The fourth-order valence-corrected chi connectivity index (χ4v) is 4.53. The molecule has 4 heterocycles. The Morgan fingerprint density at radius 3 is 3.04 bits per heavy atom. The van der Waals surface area contributed by atoms with E-state index in [0.29, 0.717) is 11.9 Å². The van der Waals surface area contributed by atoms with Crippen molar-refractivity contribution in [1.29, 1.82) is 0 Å². The van der Waals surface area contributed by atoms with Gasteiger partial charge in [-0.25, -0.2) is 15.0 Å². The Bertz CT molecular complexity index is 1110. The first-order chi connectivity index (χ1) is 13.2. The van der Waals surface area contributed by atoms with Crippen LogP contribution in [-0.4, -0.2) is 23.9 Å². The molecular formula is C21H24N6. The highest BCUT2D eigenvalue weighted by Gasteiger charge is 2.27. The van der Waals surface area contributed by atoms with E-state index < -0.39 is 0 Å². The summed E-state index contributed by atoms with van der Waals surface area (Å²) in [6.07, 6.45) is 13.9. The number of fused-ring (bicyclic) bond motifs is 2. The second-order valence-corrected chi connectivity index (χ2v) is 7.77. The highest BCUT2D eigenvalue weighted by molar-refractivity contribution is 5.86. The van der Waals surface area contributed by atoms with Crippen LogP contribution < -0.4 is 5.73 Å². The summed E-state index contributed by atoms with van der Waals surface area (Å²) in [6.45, 7) is 2.04. The third-order valence-corrected chi connectivity index (χ3v) is 5.93. The minimum absolute atomic E-state index is 0.513. The highest BCUT2D eigenvalue weighted by atomic mass is 15.1. The molecule has 0 radical (unpaired) electrons. The summed E-state index contributed by atoms with van der Waals surface area (Å²) in [5.41, 5.74) is 10.4. The maximum absolute atomic E-state index is 5.98. The summed E-state index contributed by atoms with van der Waals surface area (Å²) in [4.78, 5) is 13.1. The first-order valence-corrected chi connectivity index (χ1v) is 9.68. The van der Waals surface area contributed by atoms with E-state index in [4.69, 9.17) is 5.73 Å². The molecule has 2 unspecified atom stereocenters. The first kappa shape index (κ1) is 16.3. The van der Waals surface area contributed by atoms with Crippen molar-refractivity contribution in [1.82, 2.24) is 23.9 Å². The summed E-state index contributed by atoms with van der Waals surface area (Å²) < 4.78 is 4.39. The van der Waals surface area contributed by atoms with E-state index in [0.717, 1.165) is 34.7 Å². The molecule has 0 amide bonds. The van der Waals surface area contributed by atoms with Gasteiger partial charge in [0, 0.05) is 24.6 Å². The Labute approximate surface area is 158 Å². The van der Waals surface area contributed by atoms with Gasteiger partial charge in [0.2, 0.25) is 0 Å². The number of aromatic nitrogens is 5. The SMILES string of the molecule is Cc1cn2ccc(CCC3CCC(n4ccc5c(N)ncnc54)C3)cc2n1. The van der Waals surface area contributed by atoms with Crippen LogP contribution in [-0.2, 0) is 6.42 Å². The zero-order valence-electron chi connectivity index (χ0n) is 15.5. The van der Waals surface area contributed by atoms with E-state index in [1.54, 1.807) is 6.33 Å². The highest BCUT2D eigenvalue weighted by Crippen LogP contribution is 2.38. The number of hydrogen-bond acceptors (Lipinski definition) is 4. The van der Waals surface area contributed by atoms with Gasteiger partial charge in [-0.1, -0.05) is 0 Å². The summed E-state index contributed by atoms with van der Waals surface area (Å²) in [7, 11) is 0. The molecule has 4 aromatic heterocycles. The molecule has 6 nitrogen and oxygen atoms in total. The van der Waals surface area contributed by atoms with Gasteiger partial charge in [0.05, 0.1) is 11.1 Å². The second kappa shape index (κ2) is 6.37. The number of imidazole rings is 1. The Kier molecular flexibility index (Phi) is 3.85. The average molecular weight is 360 g/mol. The Hall–Kier alpha value is -2.89. The van der Waals surface area contributed by atoms with Gasteiger partial charge >= 0.3 is 0 Å². The molecule has 0 spiro atoms. The fourth-order valence-electron chi connectivity index (χ4n) is 4.53. The van der Waals surface area contributed by atoms with Crippen molar-refractivity contribution >= 4 is 22.5 Å². The van der Waals surface area contributed by atoms with Gasteiger partial charge in [0.1, 0.15) is 23.4 Å². The van der Waals surface area contributed by atoms with Crippen LogP contribution in [0.25, 0.3) is 16.7 Å². The van der Waals surface area contributed by atoms with E-state index in [2.05, 4.69) is 54.6 Å². The molecule has 1 aliphatic rings. The molecule has 27 heavy (non-hydrogen) atoms. The lowest BCUT2D eigenvalue weighted by Crippen LogP contribution is -2.06. The lowest BCUT2D eigenvalue weighted by Gasteiger charge is -2.14. The number of anilines is 1. The molecule has 0 saturated heterocycles. The standard InChI is InChI=1S/C21H24N6/c1-14-12-26-8-6-16(11-19(26)25-14)3-2-15-4-5-17(10-15)27-9-7-18-20(22)23-13-24-21(18)27/h6-9,11-13,15,17H,2-5,10H2,1H3,(H2,22,23,24). The Balaban J connectivity index is 1.27.